The van der Waals surface area contributed by atoms with Crippen LogP contribution in [0.3, 0.4) is 0 Å². The normalized spacial score (nSPS) is 28.9. The van der Waals surface area contributed by atoms with Gasteiger partial charge in [0, 0.05) is 38.4 Å². The summed E-state index contributed by atoms with van der Waals surface area (Å²) in [6.45, 7) is 4.21. The SMILES string of the molecule is CC1(C)CS(=O)CC(c2cccc(Br)c2)N1. The van der Waals surface area contributed by atoms with Crippen LogP contribution >= 0.6 is 15.9 Å². The van der Waals surface area contributed by atoms with Crippen molar-refractivity contribution in [3.05, 3.63) is 34.3 Å². The fourth-order valence-electron chi connectivity index (χ4n) is 2.11. The lowest BCUT2D eigenvalue weighted by Gasteiger charge is -2.36. The van der Waals surface area contributed by atoms with E-state index < -0.39 is 10.8 Å². The Labute approximate surface area is 107 Å². The molecule has 1 saturated heterocycles. The maximum absolute atomic E-state index is 11.8. The number of benzene rings is 1. The van der Waals surface area contributed by atoms with E-state index in [2.05, 4.69) is 47.2 Å². The van der Waals surface area contributed by atoms with Gasteiger partial charge in [0.25, 0.3) is 0 Å². The van der Waals surface area contributed by atoms with Crippen molar-refractivity contribution < 1.29 is 4.21 Å². The Balaban J connectivity index is 2.24. The monoisotopic (exact) mass is 301 g/mol. The van der Waals surface area contributed by atoms with E-state index in [1.54, 1.807) is 0 Å². The Kier molecular flexibility index (Phi) is 3.52. The molecular weight excluding hydrogens is 286 g/mol. The Morgan fingerprint density at radius 1 is 1.50 bits per heavy atom. The first-order chi connectivity index (χ1) is 7.46. The number of hydrogen-bond acceptors (Lipinski definition) is 2. The van der Waals surface area contributed by atoms with Crippen molar-refractivity contribution in [1.29, 1.82) is 0 Å². The predicted octanol–water partition coefficient (Wildman–Crippen LogP) is 2.62. The second kappa shape index (κ2) is 4.59. The van der Waals surface area contributed by atoms with E-state index in [4.69, 9.17) is 0 Å². The molecule has 4 heteroatoms. The minimum atomic E-state index is -0.725. The smallest absolute Gasteiger partial charge is 0.0441 e. The average Bonchev–Trinajstić information content (AvgIpc) is 2.14. The predicted molar refractivity (Wildman–Crippen MR) is 72.0 cm³/mol. The summed E-state index contributed by atoms with van der Waals surface area (Å²) < 4.78 is 12.9. The number of nitrogens with one attached hydrogen (secondary N) is 1. The molecule has 1 N–H and O–H groups in total. The lowest BCUT2D eigenvalue weighted by molar-refractivity contribution is 0.369. The Hall–Kier alpha value is -0.190. The van der Waals surface area contributed by atoms with Crippen molar-refractivity contribution in [2.45, 2.75) is 25.4 Å². The Morgan fingerprint density at radius 2 is 2.25 bits per heavy atom. The van der Waals surface area contributed by atoms with Gasteiger partial charge in [-0.05, 0) is 31.5 Å². The molecule has 16 heavy (non-hydrogen) atoms. The molecule has 1 fully saturated rings. The van der Waals surface area contributed by atoms with Crippen LogP contribution in [0, 0.1) is 0 Å². The summed E-state index contributed by atoms with van der Waals surface area (Å²) in [6.07, 6.45) is 0. The fraction of sp³-hybridized carbons (Fsp3) is 0.500. The number of rotatable bonds is 1. The summed E-state index contributed by atoms with van der Waals surface area (Å²) in [5.74, 6) is 1.44. The standard InChI is InChI=1S/C12H16BrNOS/c1-12(2)8-16(15)7-11(14-12)9-4-3-5-10(13)6-9/h3-6,11,14H,7-8H2,1-2H3. The molecule has 0 radical (unpaired) electrons. The van der Waals surface area contributed by atoms with Crippen LogP contribution in [-0.2, 0) is 10.8 Å². The molecule has 88 valence electrons. The van der Waals surface area contributed by atoms with Crippen LogP contribution in [0.4, 0.5) is 0 Å². The zero-order valence-corrected chi connectivity index (χ0v) is 11.9. The molecule has 2 nitrogen and oxygen atoms in total. The molecule has 2 atom stereocenters. The van der Waals surface area contributed by atoms with Gasteiger partial charge in [-0.1, -0.05) is 28.1 Å². The summed E-state index contributed by atoms with van der Waals surface area (Å²) in [5.41, 5.74) is 1.16. The van der Waals surface area contributed by atoms with Crippen LogP contribution in [0.15, 0.2) is 28.7 Å². The lowest BCUT2D eigenvalue weighted by atomic mass is 10.0. The van der Waals surface area contributed by atoms with Crippen molar-refractivity contribution in [2.75, 3.05) is 11.5 Å². The topological polar surface area (TPSA) is 29.1 Å². The molecule has 0 saturated carbocycles. The van der Waals surface area contributed by atoms with Crippen molar-refractivity contribution in [1.82, 2.24) is 5.32 Å². The van der Waals surface area contributed by atoms with E-state index in [9.17, 15) is 4.21 Å². The van der Waals surface area contributed by atoms with E-state index >= 15 is 0 Å². The minimum absolute atomic E-state index is 0.0455. The molecule has 2 unspecified atom stereocenters. The summed E-state index contributed by atoms with van der Waals surface area (Å²) in [4.78, 5) is 0. The van der Waals surface area contributed by atoms with Crippen LogP contribution in [0.2, 0.25) is 0 Å². The van der Waals surface area contributed by atoms with Crippen LogP contribution in [0.25, 0.3) is 0 Å². The fourth-order valence-corrected chi connectivity index (χ4v) is 4.18. The maximum atomic E-state index is 11.8. The van der Waals surface area contributed by atoms with Gasteiger partial charge in [-0.2, -0.15) is 0 Å². The maximum Gasteiger partial charge on any atom is 0.0441 e. The summed E-state index contributed by atoms with van der Waals surface area (Å²) >= 11 is 3.47. The molecule has 1 aliphatic heterocycles. The first-order valence-corrected chi connectivity index (χ1v) is 7.62. The van der Waals surface area contributed by atoms with Gasteiger partial charge >= 0.3 is 0 Å². The second-order valence-corrected chi connectivity index (χ2v) is 7.30. The van der Waals surface area contributed by atoms with Crippen LogP contribution in [0.1, 0.15) is 25.5 Å². The largest absolute Gasteiger partial charge is 0.303 e. The highest BCUT2D eigenvalue weighted by Crippen LogP contribution is 2.25. The second-order valence-electron chi connectivity index (χ2n) is 4.89. The van der Waals surface area contributed by atoms with Crippen molar-refractivity contribution in [3.8, 4) is 0 Å². The van der Waals surface area contributed by atoms with Crippen molar-refractivity contribution in [2.24, 2.45) is 0 Å². The highest BCUT2D eigenvalue weighted by atomic mass is 79.9. The molecule has 0 amide bonds. The number of halogens is 1. The highest BCUT2D eigenvalue weighted by molar-refractivity contribution is 9.10. The summed E-state index contributed by atoms with van der Waals surface area (Å²) in [5, 5.41) is 3.55. The van der Waals surface area contributed by atoms with Gasteiger partial charge in [0.1, 0.15) is 0 Å². The Bertz CT molecular complexity index is 419. The first-order valence-electron chi connectivity index (χ1n) is 5.34. The zero-order valence-electron chi connectivity index (χ0n) is 9.50. The van der Waals surface area contributed by atoms with E-state index in [-0.39, 0.29) is 11.6 Å². The molecule has 0 spiro atoms. The molecule has 2 rings (SSSR count). The average molecular weight is 302 g/mol. The van der Waals surface area contributed by atoms with Crippen LogP contribution in [0.5, 0.6) is 0 Å². The lowest BCUT2D eigenvalue weighted by Crippen LogP contribution is -2.52. The van der Waals surface area contributed by atoms with Gasteiger partial charge in [-0.3, -0.25) is 4.21 Å². The molecule has 0 aromatic heterocycles. The Morgan fingerprint density at radius 3 is 2.88 bits per heavy atom. The summed E-state index contributed by atoms with van der Waals surface area (Å²) in [7, 11) is -0.725. The van der Waals surface area contributed by atoms with Gasteiger partial charge in [0.05, 0.1) is 0 Å². The molecule has 1 aromatic rings. The van der Waals surface area contributed by atoms with Crippen LogP contribution < -0.4 is 5.32 Å². The van der Waals surface area contributed by atoms with Crippen LogP contribution in [-0.4, -0.2) is 21.3 Å². The quantitative estimate of drug-likeness (QED) is 0.864. The molecule has 1 heterocycles. The van der Waals surface area contributed by atoms with E-state index in [1.165, 1.54) is 5.56 Å². The van der Waals surface area contributed by atoms with Gasteiger partial charge in [0.15, 0.2) is 0 Å². The van der Waals surface area contributed by atoms with Crippen molar-refractivity contribution in [3.63, 3.8) is 0 Å². The molecular formula is C12H16BrNOS. The molecule has 1 aromatic carbocycles. The van der Waals surface area contributed by atoms with Gasteiger partial charge in [-0.25, -0.2) is 0 Å². The van der Waals surface area contributed by atoms with E-state index in [0.29, 0.717) is 5.75 Å². The third-order valence-electron chi connectivity index (χ3n) is 2.69. The van der Waals surface area contributed by atoms with Gasteiger partial charge in [0.2, 0.25) is 0 Å². The van der Waals surface area contributed by atoms with E-state index in [1.807, 2.05) is 12.1 Å². The molecule has 0 bridgehead atoms. The number of hydrogen-bond donors (Lipinski definition) is 1. The minimum Gasteiger partial charge on any atom is -0.303 e. The first kappa shape index (κ1) is 12.3. The molecule has 1 aliphatic rings. The third kappa shape index (κ3) is 2.93. The summed E-state index contributed by atoms with van der Waals surface area (Å²) in [6, 6.07) is 8.40. The van der Waals surface area contributed by atoms with E-state index in [0.717, 1.165) is 10.2 Å². The highest BCUT2D eigenvalue weighted by Gasteiger charge is 2.31. The molecule has 0 aliphatic carbocycles. The van der Waals surface area contributed by atoms with Crippen molar-refractivity contribution >= 4 is 26.7 Å². The van der Waals surface area contributed by atoms with Gasteiger partial charge < -0.3 is 5.32 Å². The zero-order chi connectivity index (χ0) is 11.8. The van der Waals surface area contributed by atoms with Gasteiger partial charge in [-0.15, -0.1) is 0 Å². The third-order valence-corrected chi connectivity index (χ3v) is 4.93.